The Kier molecular flexibility index (Phi) is 5.36. The van der Waals surface area contributed by atoms with E-state index < -0.39 is 0 Å². The maximum absolute atomic E-state index is 13.1. The molecule has 0 fully saturated rings. The van der Waals surface area contributed by atoms with Gasteiger partial charge in [0.15, 0.2) is 0 Å². The van der Waals surface area contributed by atoms with E-state index in [1.807, 2.05) is 59.3 Å². The van der Waals surface area contributed by atoms with E-state index in [0.29, 0.717) is 11.3 Å². The van der Waals surface area contributed by atoms with Crippen molar-refractivity contribution in [3.05, 3.63) is 80.7 Å². The average molecular weight is 410 g/mol. The highest BCUT2D eigenvalue weighted by Crippen LogP contribution is 2.33. The lowest BCUT2D eigenvalue weighted by molar-refractivity contribution is -0.133. The normalized spacial score (nSPS) is 16.1. The lowest BCUT2D eigenvalue weighted by Gasteiger charge is -2.24. The molecule has 0 aliphatic carbocycles. The number of amides is 2. The van der Waals surface area contributed by atoms with Crippen LogP contribution in [0, 0.1) is 0 Å². The minimum absolute atomic E-state index is 0.0126. The van der Waals surface area contributed by atoms with Crippen molar-refractivity contribution in [3.63, 3.8) is 0 Å². The molecule has 28 heavy (non-hydrogen) atoms. The number of likely N-dealkylation sites (N-methyl/N-ethyl adjacent to an activating group) is 1. The van der Waals surface area contributed by atoms with Crippen LogP contribution < -0.4 is 0 Å². The predicted molar refractivity (Wildman–Crippen MR) is 113 cm³/mol. The molecule has 5 nitrogen and oxygen atoms in total. The zero-order valence-corrected chi connectivity index (χ0v) is 17.0. The smallest absolute Gasteiger partial charge is 0.264 e. The molecule has 1 atom stereocenters. The first kappa shape index (κ1) is 18.6. The highest BCUT2D eigenvalue weighted by atomic mass is 32.1. The summed E-state index contributed by atoms with van der Waals surface area (Å²) in [6.07, 6.45) is 0.666. The third-order valence-corrected chi connectivity index (χ3v) is 6.38. The van der Waals surface area contributed by atoms with Crippen LogP contribution >= 0.6 is 22.7 Å². The van der Waals surface area contributed by atoms with Gasteiger partial charge in [0.1, 0.15) is 6.54 Å². The van der Waals surface area contributed by atoms with Crippen molar-refractivity contribution in [1.82, 2.24) is 9.91 Å². The molecular weight excluding hydrogens is 390 g/mol. The van der Waals surface area contributed by atoms with Gasteiger partial charge >= 0.3 is 0 Å². The summed E-state index contributed by atoms with van der Waals surface area (Å²) in [6, 6.07) is 17.4. The van der Waals surface area contributed by atoms with Crippen LogP contribution in [0.3, 0.4) is 0 Å². The van der Waals surface area contributed by atoms with Gasteiger partial charge in [0, 0.05) is 13.5 Å². The second-order valence-corrected chi connectivity index (χ2v) is 8.43. The summed E-state index contributed by atoms with van der Waals surface area (Å²) in [5.74, 6) is -0.339. The van der Waals surface area contributed by atoms with Crippen molar-refractivity contribution in [2.75, 3.05) is 13.6 Å². The van der Waals surface area contributed by atoms with Gasteiger partial charge in [0.05, 0.1) is 21.5 Å². The van der Waals surface area contributed by atoms with Crippen molar-refractivity contribution >= 4 is 40.2 Å². The maximum Gasteiger partial charge on any atom is 0.264 e. The van der Waals surface area contributed by atoms with Crippen molar-refractivity contribution < 1.29 is 9.59 Å². The van der Waals surface area contributed by atoms with Crippen molar-refractivity contribution in [2.45, 2.75) is 12.5 Å². The second kappa shape index (κ2) is 8.08. The van der Waals surface area contributed by atoms with Crippen molar-refractivity contribution in [1.29, 1.82) is 0 Å². The molecule has 1 aromatic carbocycles. The van der Waals surface area contributed by atoms with Crippen LogP contribution in [0.15, 0.2) is 70.5 Å². The van der Waals surface area contributed by atoms with E-state index >= 15 is 0 Å². The van der Waals surface area contributed by atoms with Crippen LogP contribution in [0.1, 0.15) is 32.6 Å². The largest absolute Gasteiger partial charge is 0.332 e. The van der Waals surface area contributed by atoms with Gasteiger partial charge in [-0.25, -0.2) is 5.01 Å². The Labute approximate surface area is 171 Å². The van der Waals surface area contributed by atoms with Crippen LogP contribution in [0.4, 0.5) is 0 Å². The van der Waals surface area contributed by atoms with E-state index in [9.17, 15) is 9.59 Å². The molecule has 2 amide bonds. The molecule has 3 aromatic rings. The number of hydrogen-bond acceptors (Lipinski definition) is 5. The van der Waals surface area contributed by atoms with Crippen LogP contribution in [0.2, 0.25) is 0 Å². The Morgan fingerprint density at radius 1 is 1.07 bits per heavy atom. The third-order valence-electron chi connectivity index (χ3n) is 4.61. The van der Waals surface area contributed by atoms with Crippen LogP contribution in [0.5, 0.6) is 0 Å². The average Bonchev–Trinajstić information content (AvgIpc) is 3.49. The summed E-state index contributed by atoms with van der Waals surface area (Å²) in [4.78, 5) is 28.7. The molecular formula is C21H19N3O2S2. The van der Waals surface area contributed by atoms with Crippen molar-refractivity contribution in [3.8, 4) is 0 Å². The molecule has 0 N–H and O–H groups in total. The quantitative estimate of drug-likeness (QED) is 0.632. The Morgan fingerprint density at radius 3 is 2.50 bits per heavy atom. The van der Waals surface area contributed by atoms with Gasteiger partial charge in [0.25, 0.3) is 11.8 Å². The molecule has 1 aliphatic rings. The van der Waals surface area contributed by atoms with Gasteiger partial charge in [-0.2, -0.15) is 5.10 Å². The zero-order chi connectivity index (χ0) is 19.5. The number of nitrogens with zero attached hydrogens (tertiary/aromatic N) is 3. The molecule has 0 spiro atoms. The number of carbonyl (C=O) groups excluding carboxylic acids is 2. The molecule has 0 radical (unpaired) electrons. The Hall–Kier alpha value is -2.77. The van der Waals surface area contributed by atoms with Crippen LogP contribution in [0.25, 0.3) is 0 Å². The minimum Gasteiger partial charge on any atom is -0.332 e. The van der Waals surface area contributed by atoms with Gasteiger partial charge in [-0.05, 0) is 28.5 Å². The highest BCUT2D eigenvalue weighted by Gasteiger charge is 2.34. The molecule has 1 unspecified atom stereocenters. The van der Waals surface area contributed by atoms with E-state index in [4.69, 9.17) is 0 Å². The van der Waals surface area contributed by atoms with Gasteiger partial charge in [-0.3, -0.25) is 9.59 Å². The fourth-order valence-corrected chi connectivity index (χ4v) is 4.64. The lowest BCUT2D eigenvalue weighted by atomic mass is 10.0. The third kappa shape index (κ3) is 3.76. The van der Waals surface area contributed by atoms with Gasteiger partial charge < -0.3 is 4.90 Å². The summed E-state index contributed by atoms with van der Waals surface area (Å²) in [6.45, 7) is -0.0126. The Bertz CT molecular complexity index is 982. The molecule has 142 valence electrons. The molecule has 0 bridgehead atoms. The summed E-state index contributed by atoms with van der Waals surface area (Å²) >= 11 is 2.99. The fourth-order valence-electron chi connectivity index (χ4n) is 3.20. The topological polar surface area (TPSA) is 53.0 Å². The number of carbonyl (C=O) groups is 2. The van der Waals surface area contributed by atoms with E-state index in [2.05, 4.69) is 5.10 Å². The predicted octanol–water partition coefficient (Wildman–Crippen LogP) is 4.26. The van der Waals surface area contributed by atoms with Gasteiger partial charge in [0.2, 0.25) is 0 Å². The number of benzene rings is 1. The number of thiophene rings is 2. The standard InChI is InChI=1S/C21H19N3O2S2/c1-23(21(26)19-10-6-12-28-19)14-20(25)24-17(15-7-3-2-4-8-15)13-16(22-24)18-9-5-11-27-18/h2-12,17H,13-14H2,1H3. The van der Waals surface area contributed by atoms with Crippen LogP contribution in [-0.2, 0) is 4.79 Å². The molecule has 0 saturated carbocycles. The first-order valence-electron chi connectivity index (χ1n) is 8.91. The van der Waals surface area contributed by atoms with E-state index in [0.717, 1.165) is 16.2 Å². The molecule has 3 heterocycles. The highest BCUT2D eigenvalue weighted by molar-refractivity contribution is 7.12. The summed E-state index contributed by atoms with van der Waals surface area (Å²) in [7, 11) is 1.65. The summed E-state index contributed by atoms with van der Waals surface area (Å²) in [5.41, 5.74) is 1.95. The van der Waals surface area contributed by atoms with Crippen LogP contribution in [-0.4, -0.2) is 41.0 Å². The number of hydrazone groups is 1. The lowest BCUT2D eigenvalue weighted by Crippen LogP contribution is -2.39. The second-order valence-electron chi connectivity index (χ2n) is 6.53. The first-order valence-corrected chi connectivity index (χ1v) is 10.7. The number of rotatable bonds is 5. The van der Waals surface area contributed by atoms with Gasteiger partial charge in [-0.15, -0.1) is 22.7 Å². The molecule has 7 heteroatoms. The van der Waals surface area contributed by atoms with E-state index in [-0.39, 0.29) is 24.4 Å². The number of hydrogen-bond donors (Lipinski definition) is 0. The van der Waals surface area contributed by atoms with Crippen molar-refractivity contribution in [2.24, 2.45) is 5.10 Å². The maximum atomic E-state index is 13.1. The Morgan fingerprint density at radius 2 is 1.82 bits per heavy atom. The van der Waals surface area contributed by atoms with E-state index in [1.54, 1.807) is 29.5 Å². The molecule has 2 aromatic heterocycles. The minimum atomic E-state index is -0.187. The molecule has 0 saturated heterocycles. The molecule has 4 rings (SSSR count). The SMILES string of the molecule is CN(CC(=O)N1N=C(c2cccs2)CC1c1ccccc1)C(=O)c1cccs1. The summed E-state index contributed by atoms with van der Waals surface area (Å²) in [5, 5.41) is 10.0. The van der Waals surface area contributed by atoms with Gasteiger partial charge in [-0.1, -0.05) is 42.5 Å². The Balaban J connectivity index is 1.56. The first-order chi connectivity index (χ1) is 13.6. The monoisotopic (exact) mass is 409 g/mol. The fraction of sp³-hybridized carbons (Fsp3) is 0.190. The van der Waals surface area contributed by atoms with E-state index in [1.165, 1.54) is 16.2 Å². The zero-order valence-electron chi connectivity index (χ0n) is 15.3. The molecule has 1 aliphatic heterocycles. The summed E-state index contributed by atoms with van der Waals surface area (Å²) < 4.78 is 0.